The summed E-state index contributed by atoms with van der Waals surface area (Å²) in [6, 6.07) is 9.68. The molecule has 0 radical (unpaired) electrons. The van der Waals surface area contributed by atoms with E-state index in [1.807, 2.05) is 12.1 Å². The molecule has 1 amide bonds. The normalized spacial score (nSPS) is 12.8. The minimum atomic E-state index is -0.531. The maximum atomic E-state index is 13.5. The van der Waals surface area contributed by atoms with Crippen LogP contribution in [0.2, 0.25) is 0 Å². The molecule has 2 aromatic carbocycles. The van der Waals surface area contributed by atoms with Crippen molar-refractivity contribution in [2.75, 3.05) is 44.3 Å². The molecule has 0 spiro atoms. The average molecular weight is 457 g/mol. The molecule has 0 saturated heterocycles. The predicted molar refractivity (Wildman–Crippen MR) is 123 cm³/mol. The molecule has 2 heterocycles. The van der Waals surface area contributed by atoms with Crippen LogP contribution in [0.25, 0.3) is 10.2 Å². The number of thiazole rings is 1. The Balaban J connectivity index is 1.74. The maximum absolute atomic E-state index is 13.5. The number of fused-ring (bicyclic) bond motifs is 2. The van der Waals surface area contributed by atoms with Crippen LogP contribution in [-0.2, 0) is 0 Å². The second-order valence-corrected chi connectivity index (χ2v) is 8.23. The molecule has 0 atom stereocenters. The first-order valence-electron chi connectivity index (χ1n) is 10.5. The first kappa shape index (κ1) is 22.0. The van der Waals surface area contributed by atoms with Crippen LogP contribution >= 0.6 is 11.3 Å². The van der Waals surface area contributed by atoms with Gasteiger partial charge in [0.15, 0.2) is 16.6 Å². The molecule has 0 aliphatic carbocycles. The zero-order valence-corrected chi connectivity index (χ0v) is 18.8. The van der Waals surface area contributed by atoms with Crippen molar-refractivity contribution >= 4 is 38.3 Å². The van der Waals surface area contributed by atoms with Crippen LogP contribution in [0.4, 0.5) is 10.8 Å². The minimum Gasteiger partial charge on any atom is -0.486 e. The average Bonchev–Trinajstić information content (AvgIpc) is 3.22. The molecule has 0 fully saturated rings. The van der Waals surface area contributed by atoms with Gasteiger partial charge in [0, 0.05) is 31.3 Å². The Morgan fingerprint density at radius 1 is 1.12 bits per heavy atom. The highest BCUT2D eigenvalue weighted by Gasteiger charge is 2.28. The molecule has 0 saturated carbocycles. The summed E-state index contributed by atoms with van der Waals surface area (Å²) in [6.45, 7) is 7.73. The van der Waals surface area contributed by atoms with Gasteiger partial charge in [-0.25, -0.2) is 4.98 Å². The van der Waals surface area contributed by atoms with E-state index < -0.39 is 10.8 Å². The van der Waals surface area contributed by atoms with Crippen LogP contribution in [-0.4, -0.2) is 60.1 Å². The van der Waals surface area contributed by atoms with Gasteiger partial charge in [0.2, 0.25) is 0 Å². The summed E-state index contributed by atoms with van der Waals surface area (Å²) in [5, 5.41) is 12.0. The van der Waals surface area contributed by atoms with Crippen molar-refractivity contribution in [3.63, 3.8) is 0 Å². The van der Waals surface area contributed by atoms with Gasteiger partial charge < -0.3 is 14.4 Å². The number of rotatable bonds is 8. The van der Waals surface area contributed by atoms with Gasteiger partial charge in [-0.3, -0.25) is 19.8 Å². The Labute approximate surface area is 189 Å². The Kier molecular flexibility index (Phi) is 6.52. The Morgan fingerprint density at radius 3 is 2.50 bits per heavy atom. The predicted octanol–water partition coefficient (Wildman–Crippen LogP) is 3.96. The van der Waals surface area contributed by atoms with Gasteiger partial charge in [-0.15, -0.1) is 0 Å². The highest BCUT2D eigenvalue weighted by molar-refractivity contribution is 7.22. The second kappa shape index (κ2) is 9.49. The number of aromatic nitrogens is 1. The number of hydrogen-bond acceptors (Lipinski definition) is 8. The third-order valence-electron chi connectivity index (χ3n) is 5.38. The third-order valence-corrected chi connectivity index (χ3v) is 6.42. The summed E-state index contributed by atoms with van der Waals surface area (Å²) in [5.74, 6) is 0.833. The van der Waals surface area contributed by atoms with Gasteiger partial charge in [0.1, 0.15) is 18.8 Å². The van der Waals surface area contributed by atoms with Crippen molar-refractivity contribution in [1.29, 1.82) is 0 Å². The zero-order chi connectivity index (χ0) is 22.7. The highest BCUT2D eigenvalue weighted by atomic mass is 32.1. The van der Waals surface area contributed by atoms with Gasteiger partial charge in [-0.05, 0) is 19.2 Å². The van der Waals surface area contributed by atoms with Crippen molar-refractivity contribution in [3.8, 4) is 11.5 Å². The van der Waals surface area contributed by atoms with Crippen LogP contribution in [0.5, 0.6) is 11.5 Å². The van der Waals surface area contributed by atoms with Crippen molar-refractivity contribution in [1.82, 2.24) is 9.88 Å². The summed E-state index contributed by atoms with van der Waals surface area (Å²) in [4.78, 5) is 32.9. The van der Waals surface area contributed by atoms with Crippen LogP contribution < -0.4 is 14.4 Å². The minimum absolute atomic E-state index is 0.0438. The molecule has 3 aromatic rings. The lowest BCUT2D eigenvalue weighted by Crippen LogP contribution is -2.39. The van der Waals surface area contributed by atoms with Crippen LogP contribution in [0, 0.1) is 10.1 Å². The Bertz CT molecular complexity index is 1100. The number of likely N-dealkylation sites (N-methyl/N-ethyl adjacent to an activating group) is 1. The lowest BCUT2D eigenvalue weighted by molar-refractivity contribution is -0.385. The number of hydrogen-bond donors (Lipinski definition) is 0. The maximum Gasteiger partial charge on any atom is 0.282 e. The van der Waals surface area contributed by atoms with E-state index in [0.29, 0.717) is 48.5 Å². The molecule has 9 nitrogen and oxygen atoms in total. The number of anilines is 1. The zero-order valence-electron chi connectivity index (χ0n) is 17.9. The number of benzene rings is 2. The SMILES string of the molecule is CCN(CC)CCN(C(=O)c1ccccc1[N+](=O)[O-])c1nc2cc3c(cc2s1)OCCO3. The quantitative estimate of drug-likeness (QED) is 0.374. The number of carbonyl (C=O) groups excluding carboxylic acids is 1. The largest absolute Gasteiger partial charge is 0.486 e. The summed E-state index contributed by atoms with van der Waals surface area (Å²) < 4.78 is 12.2. The molecule has 1 aliphatic heterocycles. The molecule has 1 aliphatic rings. The third kappa shape index (κ3) is 4.37. The van der Waals surface area contributed by atoms with Crippen molar-refractivity contribution < 1.29 is 19.2 Å². The Morgan fingerprint density at radius 2 is 1.81 bits per heavy atom. The van der Waals surface area contributed by atoms with Crippen LogP contribution in [0.15, 0.2) is 36.4 Å². The van der Waals surface area contributed by atoms with E-state index in [1.54, 1.807) is 12.1 Å². The lowest BCUT2D eigenvalue weighted by atomic mass is 10.1. The number of amides is 1. The fraction of sp³-hybridized carbons (Fsp3) is 0.364. The number of ether oxygens (including phenoxy) is 2. The Hall–Kier alpha value is -3.24. The van der Waals surface area contributed by atoms with Gasteiger partial charge in [-0.1, -0.05) is 37.3 Å². The number of carbonyl (C=O) groups is 1. The van der Waals surface area contributed by atoms with Crippen LogP contribution in [0.1, 0.15) is 24.2 Å². The number of nitrogens with zero attached hydrogens (tertiary/aromatic N) is 4. The molecule has 1 aromatic heterocycles. The van der Waals surface area contributed by atoms with E-state index in [4.69, 9.17) is 9.47 Å². The van der Waals surface area contributed by atoms with Gasteiger partial charge in [0.05, 0.1) is 15.1 Å². The molecule has 168 valence electrons. The van der Waals surface area contributed by atoms with Crippen molar-refractivity contribution in [2.45, 2.75) is 13.8 Å². The fourth-order valence-corrected chi connectivity index (χ4v) is 4.59. The standard InChI is InChI=1S/C22H24N4O5S/c1-3-24(4-2)9-10-25(21(27)15-7-5-6-8-17(15)26(28)29)22-23-16-13-18-19(14-20(16)32-22)31-12-11-30-18/h5-8,13-14H,3-4,9-12H2,1-2H3. The number of nitro benzene ring substituents is 1. The van der Waals surface area contributed by atoms with E-state index in [-0.39, 0.29) is 11.3 Å². The fourth-order valence-electron chi connectivity index (χ4n) is 3.59. The van der Waals surface area contributed by atoms with E-state index in [1.165, 1.54) is 28.4 Å². The summed E-state index contributed by atoms with van der Waals surface area (Å²) in [7, 11) is 0. The first-order valence-corrected chi connectivity index (χ1v) is 11.3. The molecular formula is C22H24N4O5S. The highest BCUT2D eigenvalue weighted by Crippen LogP contribution is 2.39. The molecule has 10 heteroatoms. The number of nitro groups is 1. The van der Waals surface area contributed by atoms with Crippen molar-refractivity contribution in [2.24, 2.45) is 0 Å². The second-order valence-electron chi connectivity index (χ2n) is 7.22. The molecule has 32 heavy (non-hydrogen) atoms. The van der Waals surface area contributed by atoms with E-state index in [9.17, 15) is 14.9 Å². The van der Waals surface area contributed by atoms with Gasteiger partial charge in [0.25, 0.3) is 11.6 Å². The van der Waals surface area contributed by atoms with E-state index in [0.717, 1.165) is 17.8 Å². The molecular weight excluding hydrogens is 432 g/mol. The molecule has 4 rings (SSSR count). The number of para-hydroxylation sites is 1. The first-order chi connectivity index (χ1) is 15.5. The smallest absolute Gasteiger partial charge is 0.282 e. The van der Waals surface area contributed by atoms with Crippen LogP contribution in [0.3, 0.4) is 0 Å². The summed E-state index contributed by atoms with van der Waals surface area (Å²) in [6.07, 6.45) is 0. The van der Waals surface area contributed by atoms with Crippen molar-refractivity contribution in [3.05, 3.63) is 52.1 Å². The monoisotopic (exact) mass is 456 g/mol. The molecule has 0 N–H and O–H groups in total. The summed E-state index contributed by atoms with van der Waals surface area (Å²) >= 11 is 1.35. The van der Waals surface area contributed by atoms with E-state index >= 15 is 0 Å². The molecule has 0 unspecified atom stereocenters. The topological polar surface area (TPSA) is 98.0 Å². The lowest BCUT2D eigenvalue weighted by Gasteiger charge is -2.24. The summed E-state index contributed by atoms with van der Waals surface area (Å²) in [5.41, 5.74) is 0.517. The van der Waals surface area contributed by atoms with Gasteiger partial charge >= 0.3 is 0 Å². The van der Waals surface area contributed by atoms with E-state index in [2.05, 4.69) is 23.7 Å². The van der Waals surface area contributed by atoms with Gasteiger partial charge in [-0.2, -0.15) is 0 Å². The molecule has 0 bridgehead atoms.